The number of benzene rings is 2. The van der Waals surface area contributed by atoms with E-state index in [0.717, 1.165) is 50.0 Å². The fourth-order valence-electron chi connectivity index (χ4n) is 3.59. The zero-order chi connectivity index (χ0) is 18.9. The minimum Gasteiger partial charge on any atom is -0.326 e. The van der Waals surface area contributed by atoms with Crippen molar-refractivity contribution in [3.8, 4) is 0 Å². The van der Waals surface area contributed by atoms with E-state index in [1.807, 2.05) is 42.5 Å². The highest BCUT2D eigenvalue weighted by Crippen LogP contribution is 2.27. The molecule has 0 radical (unpaired) electrons. The highest BCUT2D eigenvalue weighted by molar-refractivity contribution is 5.96. The Kier molecular flexibility index (Phi) is 7.17. The Morgan fingerprint density at radius 1 is 0.926 bits per heavy atom. The smallest absolute Gasteiger partial charge is 0.224 e. The number of rotatable bonds is 8. The van der Waals surface area contributed by atoms with Gasteiger partial charge < -0.3 is 10.6 Å². The Balaban J connectivity index is 1.41. The molecule has 0 unspecified atom stereocenters. The molecule has 2 N–H and O–H groups in total. The van der Waals surface area contributed by atoms with E-state index in [1.54, 1.807) is 0 Å². The lowest BCUT2D eigenvalue weighted by atomic mass is 9.90. The van der Waals surface area contributed by atoms with Crippen molar-refractivity contribution < 1.29 is 9.59 Å². The maximum Gasteiger partial charge on any atom is 0.224 e. The van der Waals surface area contributed by atoms with Crippen molar-refractivity contribution >= 4 is 17.4 Å². The summed E-state index contributed by atoms with van der Waals surface area (Å²) < 4.78 is 0. The third-order valence-corrected chi connectivity index (χ3v) is 5.13. The van der Waals surface area contributed by atoms with Crippen LogP contribution in [0.15, 0.2) is 54.6 Å². The van der Waals surface area contributed by atoms with Crippen LogP contribution in [0.1, 0.15) is 60.4 Å². The molecule has 0 aromatic heterocycles. The molecule has 3 rings (SSSR count). The second-order valence-electron chi connectivity index (χ2n) is 7.19. The molecule has 0 spiro atoms. The summed E-state index contributed by atoms with van der Waals surface area (Å²) in [7, 11) is 0. The molecule has 2 aromatic carbocycles. The Bertz CT molecular complexity index is 752. The summed E-state index contributed by atoms with van der Waals surface area (Å²) >= 11 is 0. The average molecular weight is 364 g/mol. The van der Waals surface area contributed by atoms with Crippen LogP contribution in [-0.2, 0) is 4.79 Å². The second-order valence-corrected chi connectivity index (χ2v) is 7.19. The maximum atomic E-state index is 12.2. The highest BCUT2D eigenvalue weighted by Gasteiger charge is 2.15. The highest BCUT2D eigenvalue weighted by atomic mass is 16.1. The third kappa shape index (κ3) is 6.04. The van der Waals surface area contributed by atoms with Crippen LogP contribution in [-0.4, -0.2) is 24.8 Å². The van der Waals surface area contributed by atoms with E-state index in [0.29, 0.717) is 18.8 Å². The van der Waals surface area contributed by atoms with Gasteiger partial charge in [0.1, 0.15) is 0 Å². The number of piperidine rings is 1. The van der Waals surface area contributed by atoms with Gasteiger partial charge in [0.05, 0.1) is 0 Å². The number of unbranched alkanes of at least 4 members (excludes halogenated alkanes) is 1. The van der Waals surface area contributed by atoms with Crippen molar-refractivity contribution in [3.05, 3.63) is 65.7 Å². The van der Waals surface area contributed by atoms with Crippen molar-refractivity contribution in [1.82, 2.24) is 5.32 Å². The Morgan fingerprint density at radius 3 is 2.44 bits per heavy atom. The molecule has 0 saturated carbocycles. The number of nitrogens with one attached hydrogen (secondary N) is 2. The number of hydrogen-bond acceptors (Lipinski definition) is 3. The summed E-state index contributed by atoms with van der Waals surface area (Å²) in [6, 6.07) is 17.5. The first kappa shape index (κ1) is 19.3. The van der Waals surface area contributed by atoms with Crippen LogP contribution in [0.5, 0.6) is 0 Å². The molecule has 4 heteroatoms. The molecule has 27 heavy (non-hydrogen) atoms. The predicted molar refractivity (Wildman–Crippen MR) is 109 cm³/mol. The van der Waals surface area contributed by atoms with Crippen LogP contribution in [0.2, 0.25) is 0 Å². The normalized spacial score (nSPS) is 14.7. The quantitative estimate of drug-likeness (QED) is 0.534. The van der Waals surface area contributed by atoms with Gasteiger partial charge in [-0.3, -0.25) is 9.59 Å². The standard InChI is InChI=1S/C23H28N2O2/c26-22(19-7-2-1-3-8-19)11-4-5-12-23(27)25-21-10-6-9-20(17-21)18-13-15-24-16-14-18/h1-3,6-10,17-18,24H,4-5,11-16H2,(H,25,27). The van der Waals surface area contributed by atoms with Gasteiger partial charge in [0, 0.05) is 24.1 Å². The van der Waals surface area contributed by atoms with E-state index >= 15 is 0 Å². The van der Waals surface area contributed by atoms with E-state index in [2.05, 4.69) is 22.8 Å². The van der Waals surface area contributed by atoms with Crippen LogP contribution < -0.4 is 10.6 Å². The first-order valence-corrected chi connectivity index (χ1v) is 9.91. The van der Waals surface area contributed by atoms with E-state index in [9.17, 15) is 9.59 Å². The Hall–Kier alpha value is -2.46. The van der Waals surface area contributed by atoms with E-state index in [4.69, 9.17) is 0 Å². The van der Waals surface area contributed by atoms with Crippen molar-refractivity contribution in [2.75, 3.05) is 18.4 Å². The number of Topliss-reactive ketones (excluding diaryl/α,β-unsaturated/α-hetero) is 1. The Morgan fingerprint density at radius 2 is 1.67 bits per heavy atom. The number of amides is 1. The maximum absolute atomic E-state index is 12.2. The topological polar surface area (TPSA) is 58.2 Å². The van der Waals surface area contributed by atoms with Crippen molar-refractivity contribution in [3.63, 3.8) is 0 Å². The molecular weight excluding hydrogens is 336 g/mol. The number of ketones is 1. The molecule has 2 aromatic rings. The summed E-state index contributed by atoms with van der Waals surface area (Å²) in [5.41, 5.74) is 2.93. The number of hydrogen-bond donors (Lipinski definition) is 2. The molecule has 1 aliphatic heterocycles. The molecule has 4 nitrogen and oxygen atoms in total. The zero-order valence-corrected chi connectivity index (χ0v) is 15.7. The van der Waals surface area contributed by atoms with Crippen LogP contribution in [0.3, 0.4) is 0 Å². The third-order valence-electron chi connectivity index (χ3n) is 5.13. The molecule has 0 bridgehead atoms. The van der Waals surface area contributed by atoms with Gasteiger partial charge in [0.2, 0.25) is 5.91 Å². The van der Waals surface area contributed by atoms with Crippen LogP contribution in [0.4, 0.5) is 5.69 Å². The molecule has 142 valence electrons. The summed E-state index contributed by atoms with van der Waals surface area (Å²) in [4.78, 5) is 24.3. The molecule has 0 aliphatic carbocycles. The number of carbonyl (C=O) groups is 2. The molecular formula is C23H28N2O2. The summed E-state index contributed by atoms with van der Waals surface area (Å²) in [6.45, 7) is 2.12. The van der Waals surface area contributed by atoms with Gasteiger partial charge in [-0.05, 0) is 62.4 Å². The van der Waals surface area contributed by atoms with Gasteiger partial charge in [-0.15, -0.1) is 0 Å². The summed E-state index contributed by atoms with van der Waals surface area (Å²) in [5.74, 6) is 0.738. The van der Waals surface area contributed by atoms with Gasteiger partial charge in [0.15, 0.2) is 5.78 Å². The monoisotopic (exact) mass is 364 g/mol. The molecule has 1 fully saturated rings. The Labute approximate surface area is 161 Å². The first-order valence-electron chi connectivity index (χ1n) is 9.91. The molecule has 1 saturated heterocycles. The summed E-state index contributed by atoms with van der Waals surface area (Å²) in [5, 5.41) is 6.39. The molecule has 1 aliphatic rings. The van der Waals surface area contributed by atoms with Crippen LogP contribution in [0.25, 0.3) is 0 Å². The molecule has 1 amide bonds. The number of anilines is 1. The lowest BCUT2D eigenvalue weighted by Crippen LogP contribution is -2.26. The molecule has 1 heterocycles. The number of carbonyl (C=O) groups excluding carboxylic acids is 2. The minimum atomic E-state index is 0.0182. The predicted octanol–water partition coefficient (Wildman–Crippen LogP) is 4.54. The molecule has 0 atom stereocenters. The minimum absolute atomic E-state index is 0.0182. The van der Waals surface area contributed by atoms with Crippen LogP contribution in [0, 0.1) is 0 Å². The van der Waals surface area contributed by atoms with E-state index in [1.165, 1.54) is 5.56 Å². The lowest BCUT2D eigenvalue weighted by molar-refractivity contribution is -0.116. The fourth-order valence-corrected chi connectivity index (χ4v) is 3.59. The van der Waals surface area contributed by atoms with E-state index in [-0.39, 0.29) is 11.7 Å². The summed E-state index contributed by atoms with van der Waals surface area (Å²) in [6.07, 6.45) is 4.68. The van der Waals surface area contributed by atoms with Crippen LogP contribution >= 0.6 is 0 Å². The zero-order valence-electron chi connectivity index (χ0n) is 15.7. The van der Waals surface area contributed by atoms with Gasteiger partial charge in [-0.1, -0.05) is 42.5 Å². The largest absolute Gasteiger partial charge is 0.326 e. The van der Waals surface area contributed by atoms with E-state index < -0.39 is 0 Å². The van der Waals surface area contributed by atoms with Gasteiger partial charge in [-0.2, -0.15) is 0 Å². The van der Waals surface area contributed by atoms with Gasteiger partial charge in [-0.25, -0.2) is 0 Å². The average Bonchev–Trinajstić information content (AvgIpc) is 2.72. The van der Waals surface area contributed by atoms with Gasteiger partial charge in [0.25, 0.3) is 0 Å². The first-order chi connectivity index (χ1) is 13.2. The SMILES string of the molecule is O=C(CCCCC(=O)c1ccccc1)Nc1cccc(C2CCNCC2)c1. The second kappa shape index (κ2) is 10.0. The van der Waals surface area contributed by atoms with Gasteiger partial charge >= 0.3 is 0 Å². The lowest BCUT2D eigenvalue weighted by Gasteiger charge is -2.23. The van der Waals surface area contributed by atoms with Crippen molar-refractivity contribution in [1.29, 1.82) is 0 Å². The van der Waals surface area contributed by atoms with Crippen molar-refractivity contribution in [2.24, 2.45) is 0 Å². The fraction of sp³-hybridized carbons (Fsp3) is 0.391. The van der Waals surface area contributed by atoms with Crippen molar-refractivity contribution in [2.45, 2.75) is 44.4 Å².